The van der Waals surface area contributed by atoms with Crippen molar-refractivity contribution in [1.82, 2.24) is 24.9 Å². The lowest BCUT2D eigenvalue weighted by Gasteiger charge is -2.46. The summed E-state index contributed by atoms with van der Waals surface area (Å²) >= 11 is 8.02. The summed E-state index contributed by atoms with van der Waals surface area (Å²) in [5.41, 5.74) is 2.62. The van der Waals surface area contributed by atoms with Crippen LogP contribution in [0.1, 0.15) is 47.3 Å². The molecule has 2 aromatic carbocycles. The van der Waals surface area contributed by atoms with E-state index >= 15 is 0 Å². The molecule has 1 aromatic heterocycles. The summed E-state index contributed by atoms with van der Waals surface area (Å²) in [7, 11) is 4.02. The summed E-state index contributed by atoms with van der Waals surface area (Å²) in [6.45, 7) is 5.49. The van der Waals surface area contributed by atoms with Gasteiger partial charge in [-0.1, -0.05) is 54.1 Å². The molecule has 5 rings (SSSR count). The number of aryl methyl sites for hydroxylation is 1. The number of rotatable bonds is 11. The number of benzene rings is 2. The van der Waals surface area contributed by atoms with E-state index in [4.69, 9.17) is 21.1 Å². The third-order valence-corrected chi connectivity index (χ3v) is 11.0. The van der Waals surface area contributed by atoms with Gasteiger partial charge in [0.25, 0.3) is 0 Å². The minimum atomic E-state index is -1.01. The number of ether oxygens (including phenoxy) is 2. The lowest BCUT2D eigenvalue weighted by atomic mass is 9.84. The molecule has 11 nitrogen and oxygen atoms in total. The Hall–Kier alpha value is -4.13. The normalized spacial score (nSPS) is 19.2. The van der Waals surface area contributed by atoms with Gasteiger partial charge in [0.2, 0.25) is 11.8 Å². The first-order valence-electron chi connectivity index (χ1n) is 17.5. The van der Waals surface area contributed by atoms with Gasteiger partial charge < -0.3 is 29.5 Å². The number of nitrogens with zero attached hydrogens (tertiary/aromatic N) is 4. The SMILES string of the molecule is Cc1ccc(OC(=O)N2CCN(C(=O)[C@H]3[C@@H](CCCN(C)C)CCCN3C(=O)OCc3ccccc3)C(C(=O)NCc3cccs3)C2)c(Cl)c1C. The molecule has 0 spiro atoms. The molecule has 0 aliphatic carbocycles. The molecule has 2 saturated heterocycles. The summed E-state index contributed by atoms with van der Waals surface area (Å²) in [5, 5.41) is 5.25. The number of carbonyl (C=O) groups is 4. The summed E-state index contributed by atoms with van der Waals surface area (Å²) < 4.78 is 11.5. The van der Waals surface area contributed by atoms with Gasteiger partial charge in [0.1, 0.15) is 18.7 Å². The van der Waals surface area contributed by atoms with Gasteiger partial charge in [-0.15, -0.1) is 11.3 Å². The number of thiophene rings is 1. The highest BCUT2D eigenvalue weighted by Gasteiger charge is 2.46. The summed E-state index contributed by atoms with van der Waals surface area (Å²) in [6, 6.07) is 14.9. The highest BCUT2D eigenvalue weighted by atomic mass is 35.5. The van der Waals surface area contributed by atoms with Crippen LogP contribution in [0.15, 0.2) is 60.0 Å². The largest absolute Gasteiger partial charge is 0.445 e. The smallest absolute Gasteiger partial charge is 0.415 e. The maximum absolute atomic E-state index is 14.8. The van der Waals surface area contributed by atoms with Gasteiger partial charge in [-0.2, -0.15) is 0 Å². The molecule has 1 N–H and O–H groups in total. The lowest BCUT2D eigenvalue weighted by Crippen LogP contribution is -2.66. The van der Waals surface area contributed by atoms with Gasteiger partial charge >= 0.3 is 12.2 Å². The quantitative estimate of drug-likeness (QED) is 0.253. The average Bonchev–Trinajstić information content (AvgIpc) is 3.66. The van der Waals surface area contributed by atoms with E-state index < -0.39 is 30.2 Å². The topological polar surface area (TPSA) is 112 Å². The van der Waals surface area contributed by atoms with Crippen LogP contribution in [0, 0.1) is 19.8 Å². The first kappa shape index (κ1) is 38.1. The Morgan fingerprint density at radius 3 is 2.47 bits per heavy atom. The van der Waals surface area contributed by atoms with Crippen LogP contribution in [0.5, 0.6) is 5.75 Å². The van der Waals surface area contributed by atoms with E-state index in [0.29, 0.717) is 11.6 Å². The Labute approximate surface area is 309 Å². The van der Waals surface area contributed by atoms with Crippen LogP contribution < -0.4 is 10.1 Å². The van der Waals surface area contributed by atoms with E-state index in [0.717, 1.165) is 53.8 Å². The third kappa shape index (κ3) is 9.81. The molecule has 51 heavy (non-hydrogen) atoms. The van der Waals surface area contributed by atoms with Gasteiger partial charge in [-0.3, -0.25) is 14.5 Å². The Balaban J connectivity index is 1.39. The maximum Gasteiger partial charge on any atom is 0.415 e. The second-order valence-electron chi connectivity index (χ2n) is 13.5. The van der Waals surface area contributed by atoms with Crippen molar-refractivity contribution in [2.45, 2.75) is 64.8 Å². The van der Waals surface area contributed by atoms with Crippen molar-refractivity contribution in [1.29, 1.82) is 0 Å². The lowest BCUT2D eigenvalue weighted by molar-refractivity contribution is -0.150. The standard InChI is InChI=1S/C38H48ClN5O6S/c1-26-16-17-32(33(39)27(26)2)50-37(47)42-20-21-43(31(24-42)35(45)40-23-30-15-10-22-51-30)36(46)34-29(13-8-18-41(3)4)14-9-19-44(34)38(48)49-25-28-11-6-5-7-12-28/h5-7,10-12,15-17,22,29,31,34H,8-9,13-14,18-21,23-25H2,1-4H3,(H,40,45)/t29-,31?,34+/m0/s1. The second-order valence-corrected chi connectivity index (χ2v) is 14.9. The summed E-state index contributed by atoms with van der Waals surface area (Å²) in [4.78, 5) is 63.6. The first-order chi connectivity index (χ1) is 24.5. The van der Waals surface area contributed by atoms with E-state index in [1.807, 2.05) is 81.9 Å². The molecule has 3 atom stereocenters. The van der Waals surface area contributed by atoms with Crippen LogP contribution >= 0.6 is 22.9 Å². The molecule has 274 valence electrons. The van der Waals surface area contributed by atoms with Gasteiger partial charge in [0, 0.05) is 24.5 Å². The van der Waals surface area contributed by atoms with Crippen LogP contribution in [0.4, 0.5) is 9.59 Å². The average molecular weight is 738 g/mol. The number of piperidine rings is 1. The molecule has 2 aliphatic rings. The van der Waals surface area contributed by atoms with Crippen molar-refractivity contribution in [2.75, 3.05) is 46.8 Å². The number of piperazine rings is 1. The highest BCUT2D eigenvalue weighted by Crippen LogP contribution is 2.33. The molecule has 13 heteroatoms. The van der Waals surface area contributed by atoms with Crippen LogP contribution in [-0.2, 0) is 27.5 Å². The van der Waals surface area contributed by atoms with Gasteiger partial charge in [-0.05, 0) is 100 Å². The van der Waals surface area contributed by atoms with Gasteiger partial charge in [0.05, 0.1) is 18.1 Å². The van der Waals surface area contributed by atoms with E-state index in [1.54, 1.807) is 15.9 Å². The van der Waals surface area contributed by atoms with Crippen molar-refractivity contribution in [3.8, 4) is 5.75 Å². The fourth-order valence-electron chi connectivity index (χ4n) is 6.70. The minimum Gasteiger partial charge on any atom is -0.445 e. The number of likely N-dealkylation sites (tertiary alicyclic amines) is 1. The molecular formula is C38H48ClN5O6S. The number of halogens is 1. The van der Waals surface area contributed by atoms with Crippen LogP contribution in [-0.4, -0.2) is 103 Å². The maximum atomic E-state index is 14.8. The van der Waals surface area contributed by atoms with Crippen LogP contribution in [0.25, 0.3) is 0 Å². The molecule has 2 aliphatic heterocycles. The molecule has 0 radical (unpaired) electrons. The van der Waals surface area contributed by atoms with Crippen molar-refractivity contribution >= 4 is 46.9 Å². The molecule has 4 amide bonds. The van der Waals surface area contributed by atoms with Crippen molar-refractivity contribution < 1.29 is 28.7 Å². The molecule has 3 heterocycles. The third-order valence-electron chi connectivity index (χ3n) is 9.69. The van der Waals surface area contributed by atoms with Gasteiger partial charge in [-0.25, -0.2) is 9.59 Å². The monoisotopic (exact) mass is 737 g/mol. The zero-order chi connectivity index (χ0) is 36.5. The zero-order valence-corrected chi connectivity index (χ0v) is 31.4. The first-order valence-corrected chi connectivity index (χ1v) is 18.7. The van der Waals surface area contributed by atoms with Crippen molar-refractivity contribution in [3.05, 3.63) is 86.6 Å². The molecule has 1 unspecified atom stereocenters. The number of nitrogens with one attached hydrogen (secondary N) is 1. The number of carbonyl (C=O) groups excluding carboxylic acids is 4. The number of amides is 4. The summed E-state index contributed by atoms with van der Waals surface area (Å²) in [6.07, 6.45) is 1.87. The molecule has 0 saturated carbocycles. The Morgan fingerprint density at radius 2 is 1.75 bits per heavy atom. The molecular weight excluding hydrogens is 690 g/mol. The molecule has 2 fully saturated rings. The number of hydrogen-bond acceptors (Lipinski definition) is 8. The van der Waals surface area contributed by atoms with E-state index in [1.165, 1.54) is 16.2 Å². The van der Waals surface area contributed by atoms with E-state index in [9.17, 15) is 19.2 Å². The predicted molar refractivity (Wildman–Crippen MR) is 198 cm³/mol. The Bertz CT molecular complexity index is 1660. The van der Waals surface area contributed by atoms with Crippen molar-refractivity contribution in [2.24, 2.45) is 5.92 Å². The fraction of sp³-hybridized carbons (Fsp3) is 0.474. The Morgan fingerprint density at radius 1 is 0.961 bits per heavy atom. The van der Waals surface area contributed by atoms with Crippen LogP contribution in [0.3, 0.4) is 0 Å². The fourth-order valence-corrected chi connectivity index (χ4v) is 7.59. The van der Waals surface area contributed by atoms with Gasteiger partial charge in [0.15, 0.2) is 5.75 Å². The van der Waals surface area contributed by atoms with Crippen molar-refractivity contribution in [3.63, 3.8) is 0 Å². The van der Waals surface area contributed by atoms with E-state index in [-0.39, 0.29) is 50.4 Å². The molecule has 0 bridgehead atoms. The summed E-state index contributed by atoms with van der Waals surface area (Å²) in [5.74, 6) is -0.603. The molecule has 3 aromatic rings. The Kier molecular flexibility index (Phi) is 13.4. The minimum absolute atomic E-state index is 0.0828. The number of hydrogen-bond donors (Lipinski definition) is 1. The zero-order valence-electron chi connectivity index (χ0n) is 29.8. The van der Waals surface area contributed by atoms with E-state index in [2.05, 4.69) is 10.2 Å². The highest BCUT2D eigenvalue weighted by molar-refractivity contribution is 7.09. The second kappa shape index (κ2) is 17.9. The predicted octanol–water partition coefficient (Wildman–Crippen LogP) is 6.11. The van der Waals surface area contributed by atoms with Crippen LogP contribution in [0.2, 0.25) is 5.02 Å².